The quantitative estimate of drug-likeness (QED) is 0.275. The molecule has 33 heavy (non-hydrogen) atoms. The molecule has 2 heterocycles. The van der Waals surface area contributed by atoms with Crippen LogP contribution in [0.2, 0.25) is 10.0 Å². The molecule has 0 atom stereocenters. The minimum atomic E-state index is -0.496. The monoisotopic (exact) mass is 548 g/mol. The summed E-state index contributed by atoms with van der Waals surface area (Å²) in [5.74, 6) is 0.531. The van der Waals surface area contributed by atoms with Crippen molar-refractivity contribution in [2.75, 3.05) is 17.8 Å². The second kappa shape index (κ2) is 10.1. The van der Waals surface area contributed by atoms with Gasteiger partial charge in [0.1, 0.15) is 23.3 Å². The maximum atomic E-state index is 12.1. The summed E-state index contributed by atoms with van der Waals surface area (Å²) in [7, 11) is 0. The number of pyridine rings is 1. The van der Waals surface area contributed by atoms with Gasteiger partial charge in [0, 0.05) is 21.1 Å². The Morgan fingerprint density at radius 1 is 1.09 bits per heavy atom. The third-order valence-corrected chi connectivity index (χ3v) is 5.53. The van der Waals surface area contributed by atoms with E-state index in [4.69, 9.17) is 38.4 Å². The smallest absolute Gasteiger partial charge is 0.276 e. The zero-order chi connectivity index (χ0) is 23.4. The molecular weight excluding hydrogens is 535 g/mol. The van der Waals surface area contributed by atoms with Crippen LogP contribution < -0.4 is 26.1 Å². The van der Waals surface area contributed by atoms with Gasteiger partial charge in [-0.15, -0.1) is 0 Å². The van der Waals surface area contributed by atoms with Crippen LogP contribution in [0.4, 0.5) is 11.5 Å². The molecule has 0 radical (unpaired) electrons. The Kier molecular flexibility index (Phi) is 6.97. The van der Waals surface area contributed by atoms with Crippen molar-refractivity contribution < 1.29 is 14.3 Å². The Balaban J connectivity index is 1.42. The van der Waals surface area contributed by atoms with Crippen LogP contribution in [0.5, 0.6) is 17.4 Å². The van der Waals surface area contributed by atoms with Crippen molar-refractivity contribution in [1.82, 2.24) is 20.4 Å². The Bertz CT molecular complexity index is 1340. The summed E-state index contributed by atoms with van der Waals surface area (Å²) in [6, 6.07) is 12.0. The number of hydrazine groups is 1. The molecule has 12 heteroatoms. The van der Waals surface area contributed by atoms with Gasteiger partial charge in [0.15, 0.2) is 18.2 Å². The van der Waals surface area contributed by atoms with Crippen LogP contribution >= 0.6 is 39.1 Å². The standard InChI is InChI=1S/C21H15BrCl2N6O3/c22-13-4-6-16(19-12(13)2-1-7-26-19)33-21-18(25)20(27-10-28-21)30-29-17(31)9-32-15-5-3-11(23)8-14(15)24/h1-8,10H,9,25H2,(H,29,31)(H,27,28,30). The topological polar surface area (TPSA) is 124 Å². The second-order valence-electron chi connectivity index (χ2n) is 6.52. The number of benzene rings is 2. The van der Waals surface area contributed by atoms with Gasteiger partial charge in [-0.3, -0.25) is 20.6 Å². The maximum Gasteiger partial charge on any atom is 0.276 e. The average molecular weight is 550 g/mol. The van der Waals surface area contributed by atoms with Crippen molar-refractivity contribution in [3.8, 4) is 17.4 Å². The molecule has 0 aliphatic heterocycles. The van der Waals surface area contributed by atoms with E-state index < -0.39 is 5.91 Å². The lowest BCUT2D eigenvalue weighted by Crippen LogP contribution is -2.34. The van der Waals surface area contributed by atoms with Crippen molar-refractivity contribution in [3.05, 3.63) is 69.5 Å². The van der Waals surface area contributed by atoms with Crippen LogP contribution in [0, 0.1) is 0 Å². The fourth-order valence-electron chi connectivity index (χ4n) is 2.76. The minimum absolute atomic E-state index is 0.0893. The van der Waals surface area contributed by atoms with Gasteiger partial charge in [0.25, 0.3) is 5.91 Å². The fraction of sp³-hybridized carbons (Fsp3) is 0.0476. The zero-order valence-electron chi connectivity index (χ0n) is 16.7. The highest BCUT2D eigenvalue weighted by molar-refractivity contribution is 9.10. The van der Waals surface area contributed by atoms with E-state index in [1.54, 1.807) is 24.4 Å². The third kappa shape index (κ3) is 5.36. The summed E-state index contributed by atoms with van der Waals surface area (Å²) < 4.78 is 12.1. The van der Waals surface area contributed by atoms with Gasteiger partial charge in [-0.1, -0.05) is 45.2 Å². The lowest BCUT2D eigenvalue weighted by molar-refractivity contribution is -0.122. The third-order valence-electron chi connectivity index (χ3n) is 4.31. The normalized spacial score (nSPS) is 10.6. The van der Waals surface area contributed by atoms with Crippen LogP contribution in [0.15, 0.2) is 59.5 Å². The highest BCUT2D eigenvalue weighted by Crippen LogP contribution is 2.35. The van der Waals surface area contributed by atoms with Crippen molar-refractivity contribution in [2.45, 2.75) is 0 Å². The van der Waals surface area contributed by atoms with E-state index >= 15 is 0 Å². The van der Waals surface area contributed by atoms with Crippen LogP contribution in [0.3, 0.4) is 0 Å². The summed E-state index contributed by atoms with van der Waals surface area (Å²) in [5.41, 5.74) is 11.9. The number of nitrogens with zero attached hydrogens (tertiary/aromatic N) is 3. The van der Waals surface area contributed by atoms with E-state index in [0.717, 1.165) is 9.86 Å². The molecule has 4 aromatic rings. The van der Waals surface area contributed by atoms with Gasteiger partial charge < -0.3 is 15.2 Å². The number of halogens is 3. The van der Waals surface area contributed by atoms with Gasteiger partial charge in [0.2, 0.25) is 5.88 Å². The van der Waals surface area contributed by atoms with Gasteiger partial charge in [-0.25, -0.2) is 4.98 Å². The lowest BCUT2D eigenvalue weighted by atomic mass is 10.2. The number of aromatic nitrogens is 3. The summed E-state index contributed by atoms with van der Waals surface area (Å²) in [4.78, 5) is 24.6. The van der Waals surface area contributed by atoms with Crippen molar-refractivity contribution in [1.29, 1.82) is 0 Å². The average Bonchev–Trinajstić information content (AvgIpc) is 2.81. The minimum Gasteiger partial charge on any atom is -0.482 e. The lowest BCUT2D eigenvalue weighted by Gasteiger charge is -2.14. The number of nitrogen functional groups attached to an aromatic ring is 1. The molecule has 0 saturated heterocycles. The van der Waals surface area contributed by atoms with Crippen LogP contribution in [-0.4, -0.2) is 27.5 Å². The van der Waals surface area contributed by atoms with Crippen LogP contribution in [0.1, 0.15) is 0 Å². The molecule has 0 aliphatic rings. The predicted octanol–water partition coefficient (Wildman–Crippen LogP) is 4.99. The largest absolute Gasteiger partial charge is 0.482 e. The number of amides is 1. The first-order valence-electron chi connectivity index (χ1n) is 9.36. The highest BCUT2D eigenvalue weighted by atomic mass is 79.9. The number of hydrogen-bond donors (Lipinski definition) is 3. The molecular formula is C21H15BrCl2N6O3. The number of anilines is 2. The number of hydrogen-bond acceptors (Lipinski definition) is 8. The van der Waals surface area contributed by atoms with E-state index in [9.17, 15) is 4.79 Å². The van der Waals surface area contributed by atoms with E-state index in [-0.39, 0.29) is 24.0 Å². The highest BCUT2D eigenvalue weighted by Gasteiger charge is 2.14. The zero-order valence-corrected chi connectivity index (χ0v) is 19.8. The molecule has 0 fully saturated rings. The SMILES string of the molecule is Nc1c(NNC(=O)COc2ccc(Cl)cc2Cl)ncnc1Oc1ccc(Br)c2cccnc12. The molecule has 0 spiro atoms. The first-order chi connectivity index (χ1) is 15.9. The molecule has 9 nitrogen and oxygen atoms in total. The number of nitrogens with one attached hydrogen (secondary N) is 2. The molecule has 0 aliphatic carbocycles. The predicted molar refractivity (Wildman–Crippen MR) is 130 cm³/mol. The molecule has 4 rings (SSSR count). The second-order valence-corrected chi connectivity index (χ2v) is 8.22. The van der Waals surface area contributed by atoms with Crippen molar-refractivity contribution in [3.63, 3.8) is 0 Å². The van der Waals surface area contributed by atoms with Gasteiger partial charge in [-0.05, 0) is 36.4 Å². The molecule has 4 N–H and O–H groups in total. The fourth-order valence-corrected chi connectivity index (χ4v) is 3.67. The van der Waals surface area contributed by atoms with E-state index in [1.165, 1.54) is 12.4 Å². The maximum absolute atomic E-state index is 12.1. The number of nitrogens with two attached hydrogens (primary N) is 1. The summed E-state index contributed by atoms with van der Waals surface area (Å²) in [5, 5.41) is 1.62. The first kappa shape index (κ1) is 22.8. The molecule has 0 unspecified atom stereocenters. The molecule has 2 aromatic carbocycles. The number of fused-ring (bicyclic) bond motifs is 1. The Morgan fingerprint density at radius 3 is 2.73 bits per heavy atom. The number of rotatable bonds is 7. The summed E-state index contributed by atoms with van der Waals surface area (Å²) >= 11 is 15.4. The molecule has 2 aromatic heterocycles. The molecule has 0 saturated carbocycles. The molecule has 1 amide bonds. The van der Waals surface area contributed by atoms with Gasteiger partial charge >= 0.3 is 0 Å². The van der Waals surface area contributed by atoms with Crippen LogP contribution in [-0.2, 0) is 4.79 Å². The van der Waals surface area contributed by atoms with Crippen molar-refractivity contribution >= 4 is 67.4 Å². The number of carbonyl (C=O) groups is 1. The van der Waals surface area contributed by atoms with Crippen LogP contribution in [0.25, 0.3) is 10.9 Å². The number of ether oxygens (including phenoxy) is 2. The van der Waals surface area contributed by atoms with Gasteiger partial charge in [0.05, 0.1) is 5.02 Å². The van der Waals surface area contributed by atoms with E-state index in [2.05, 4.69) is 41.7 Å². The number of carbonyl (C=O) groups excluding carboxylic acids is 1. The van der Waals surface area contributed by atoms with E-state index in [1.807, 2.05) is 18.2 Å². The molecule has 0 bridgehead atoms. The first-order valence-corrected chi connectivity index (χ1v) is 10.9. The summed E-state index contributed by atoms with van der Waals surface area (Å²) in [6.07, 6.45) is 2.91. The van der Waals surface area contributed by atoms with E-state index in [0.29, 0.717) is 27.1 Å². The van der Waals surface area contributed by atoms with Crippen molar-refractivity contribution in [2.24, 2.45) is 0 Å². The summed E-state index contributed by atoms with van der Waals surface area (Å²) in [6.45, 7) is -0.306. The molecule has 168 valence electrons. The Labute approximate surface area is 206 Å². The Hall–Kier alpha value is -3.34. The van der Waals surface area contributed by atoms with Gasteiger partial charge in [-0.2, -0.15) is 4.98 Å². The Morgan fingerprint density at radius 2 is 1.91 bits per heavy atom.